The van der Waals surface area contributed by atoms with Gasteiger partial charge in [0.25, 0.3) is 0 Å². The van der Waals surface area contributed by atoms with E-state index in [1.165, 1.54) is 0 Å². The van der Waals surface area contributed by atoms with Gasteiger partial charge in [-0.05, 0) is 47.9 Å². The number of aryl methyl sites for hydroxylation is 1. The highest BCUT2D eigenvalue weighted by molar-refractivity contribution is 6.30. The predicted octanol–water partition coefficient (Wildman–Crippen LogP) is 3.71. The number of rotatable bonds is 4. The standard InChI is InChI=1S/C16H18ClNO2/c1-10-4-6-12(17)9-13(10)16(18)11-5-7-14(19-2)15(8-11)20-3/h4-9,16H,18H2,1-3H3. The molecule has 0 spiro atoms. The molecule has 2 aromatic rings. The van der Waals surface area contributed by atoms with Gasteiger partial charge in [0.2, 0.25) is 0 Å². The molecule has 0 radical (unpaired) electrons. The van der Waals surface area contributed by atoms with Crippen LogP contribution in [0.15, 0.2) is 36.4 Å². The summed E-state index contributed by atoms with van der Waals surface area (Å²) >= 11 is 6.05. The molecule has 3 nitrogen and oxygen atoms in total. The topological polar surface area (TPSA) is 44.5 Å². The second-order valence-electron chi connectivity index (χ2n) is 4.59. The Bertz CT molecular complexity index is 613. The third kappa shape index (κ3) is 2.89. The van der Waals surface area contributed by atoms with Crippen LogP contribution in [0.4, 0.5) is 0 Å². The molecule has 0 bridgehead atoms. The monoisotopic (exact) mass is 291 g/mol. The van der Waals surface area contributed by atoms with Gasteiger partial charge in [-0.15, -0.1) is 0 Å². The highest BCUT2D eigenvalue weighted by atomic mass is 35.5. The average Bonchev–Trinajstić information content (AvgIpc) is 2.48. The summed E-state index contributed by atoms with van der Waals surface area (Å²) in [5.41, 5.74) is 9.41. The summed E-state index contributed by atoms with van der Waals surface area (Å²) in [6.45, 7) is 2.02. The molecular formula is C16H18ClNO2. The van der Waals surface area contributed by atoms with Crippen LogP contribution in [0.3, 0.4) is 0 Å². The smallest absolute Gasteiger partial charge is 0.161 e. The van der Waals surface area contributed by atoms with Crippen molar-refractivity contribution < 1.29 is 9.47 Å². The fourth-order valence-electron chi connectivity index (χ4n) is 2.17. The number of nitrogens with two attached hydrogens (primary N) is 1. The van der Waals surface area contributed by atoms with Crippen molar-refractivity contribution in [2.75, 3.05) is 14.2 Å². The second kappa shape index (κ2) is 6.16. The second-order valence-corrected chi connectivity index (χ2v) is 5.03. The molecule has 0 saturated heterocycles. The van der Waals surface area contributed by atoms with Gasteiger partial charge >= 0.3 is 0 Å². The SMILES string of the molecule is COc1ccc(C(N)c2cc(Cl)ccc2C)cc1OC. The van der Waals surface area contributed by atoms with E-state index in [9.17, 15) is 0 Å². The first kappa shape index (κ1) is 14.7. The van der Waals surface area contributed by atoms with Crippen molar-refractivity contribution in [3.63, 3.8) is 0 Å². The van der Waals surface area contributed by atoms with Crippen molar-refractivity contribution in [1.82, 2.24) is 0 Å². The summed E-state index contributed by atoms with van der Waals surface area (Å²) < 4.78 is 10.5. The molecule has 2 rings (SSSR count). The van der Waals surface area contributed by atoms with Gasteiger partial charge in [0, 0.05) is 5.02 Å². The summed E-state index contributed by atoms with van der Waals surface area (Å²) in [6, 6.07) is 11.2. The van der Waals surface area contributed by atoms with Crippen LogP contribution < -0.4 is 15.2 Å². The molecule has 1 atom stereocenters. The number of halogens is 1. The molecule has 0 amide bonds. The third-order valence-corrected chi connectivity index (χ3v) is 3.58. The van der Waals surface area contributed by atoms with E-state index < -0.39 is 0 Å². The average molecular weight is 292 g/mol. The highest BCUT2D eigenvalue weighted by Crippen LogP contribution is 2.32. The Kier molecular flexibility index (Phi) is 4.53. The van der Waals surface area contributed by atoms with Gasteiger partial charge in [-0.2, -0.15) is 0 Å². The Labute approximate surface area is 124 Å². The Balaban J connectivity index is 2.42. The molecule has 0 aromatic heterocycles. The molecule has 106 valence electrons. The van der Waals surface area contributed by atoms with Crippen LogP contribution >= 0.6 is 11.6 Å². The van der Waals surface area contributed by atoms with Gasteiger partial charge in [-0.25, -0.2) is 0 Å². The lowest BCUT2D eigenvalue weighted by molar-refractivity contribution is 0.354. The van der Waals surface area contributed by atoms with E-state index in [0.29, 0.717) is 16.5 Å². The molecule has 0 aliphatic rings. The molecule has 0 saturated carbocycles. The van der Waals surface area contributed by atoms with Crippen molar-refractivity contribution in [1.29, 1.82) is 0 Å². The van der Waals surface area contributed by atoms with Crippen LogP contribution in [0.25, 0.3) is 0 Å². The Hall–Kier alpha value is -1.71. The van der Waals surface area contributed by atoms with Crippen LogP contribution in [-0.4, -0.2) is 14.2 Å². The fourth-order valence-corrected chi connectivity index (χ4v) is 2.35. The molecule has 2 N–H and O–H groups in total. The minimum atomic E-state index is -0.256. The summed E-state index contributed by atoms with van der Waals surface area (Å²) in [7, 11) is 3.22. The lowest BCUT2D eigenvalue weighted by Gasteiger charge is -2.17. The zero-order valence-corrected chi connectivity index (χ0v) is 12.6. The maximum atomic E-state index is 6.35. The van der Waals surface area contributed by atoms with Gasteiger partial charge in [-0.1, -0.05) is 23.7 Å². The van der Waals surface area contributed by atoms with E-state index in [1.807, 2.05) is 43.3 Å². The van der Waals surface area contributed by atoms with Gasteiger partial charge in [0.1, 0.15) is 0 Å². The van der Waals surface area contributed by atoms with Crippen LogP contribution in [0.1, 0.15) is 22.7 Å². The minimum absolute atomic E-state index is 0.256. The predicted molar refractivity (Wildman–Crippen MR) is 81.8 cm³/mol. The first-order chi connectivity index (χ1) is 9.56. The van der Waals surface area contributed by atoms with Crippen LogP contribution in [-0.2, 0) is 0 Å². The van der Waals surface area contributed by atoms with E-state index in [1.54, 1.807) is 14.2 Å². The molecule has 20 heavy (non-hydrogen) atoms. The molecular weight excluding hydrogens is 274 g/mol. The summed E-state index contributed by atoms with van der Waals surface area (Å²) in [4.78, 5) is 0. The Morgan fingerprint density at radius 1 is 1.00 bits per heavy atom. The van der Waals surface area contributed by atoms with Crippen molar-refractivity contribution >= 4 is 11.6 Å². The first-order valence-electron chi connectivity index (χ1n) is 6.30. The van der Waals surface area contributed by atoms with Crippen molar-refractivity contribution in [2.24, 2.45) is 5.73 Å². The quantitative estimate of drug-likeness (QED) is 0.934. The van der Waals surface area contributed by atoms with Crippen LogP contribution in [0, 0.1) is 6.92 Å². The summed E-state index contributed by atoms with van der Waals surface area (Å²) in [5, 5.41) is 0.682. The maximum Gasteiger partial charge on any atom is 0.161 e. The molecule has 4 heteroatoms. The molecule has 0 aliphatic carbocycles. The number of ether oxygens (including phenoxy) is 2. The number of benzene rings is 2. The van der Waals surface area contributed by atoms with E-state index in [4.69, 9.17) is 26.8 Å². The normalized spacial score (nSPS) is 12.1. The lowest BCUT2D eigenvalue weighted by atomic mass is 9.95. The van der Waals surface area contributed by atoms with Crippen LogP contribution in [0.5, 0.6) is 11.5 Å². The molecule has 1 unspecified atom stereocenters. The van der Waals surface area contributed by atoms with Gasteiger partial charge in [0.15, 0.2) is 11.5 Å². The third-order valence-electron chi connectivity index (χ3n) is 3.34. The summed E-state index contributed by atoms with van der Waals surface area (Å²) in [6.07, 6.45) is 0. The Morgan fingerprint density at radius 2 is 1.70 bits per heavy atom. The molecule has 0 aliphatic heterocycles. The van der Waals surface area contributed by atoms with E-state index in [2.05, 4.69) is 0 Å². The van der Waals surface area contributed by atoms with Crippen molar-refractivity contribution in [3.05, 3.63) is 58.1 Å². The number of hydrogen-bond acceptors (Lipinski definition) is 3. The largest absolute Gasteiger partial charge is 0.493 e. The molecule has 0 fully saturated rings. The number of methoxy groups -OCH3 is 2. The summed E-state index contributed by atoms with van der Waals surface area (Å²) in [5.74, 6) is 1.35. The number of hydrogen-bond donors (Lipinski definition) is 1. The van der Waals surface area contributed by atoms with Crippen molar-refractivity contribution in [3.8, 4) is 11.5 Å². The van der Waals surface area contributed by atoms with Crippen molar-refractivity contribution in [2.45, 2.75) is 13.0 Å². The van der Waals surface area contributed by atoms with E-state index in [0.717, 1.165) is 16.7 Å². The maximum absolute atomic E-state index is 6.35. The highest BCUT2D eigenvalue weighted by Gasteiger charge is 2.14. The first-order valence-corrected chi connectivity index (χ1v) is 6.68. The Morgan fingerprint density at radius 3 is 2.35 bits per heavy atom. The zero-order valence-electron chi connectivity index (χ0n) is 11.8. The van der Waals surface area contributed by atoms with Gasteiger partial charge in [0.05, 0.1) is 20.3 Å². The van der Waals surface area contributed by atoms with E-state index in [-0.39, 0.29) is 6.04 Å². The van der Waals surface area contributed by atoms with Crippen LogP contribution in [0.2, 0.25) is 5.02 Å². The van der Waals surface area contributed by atoms with E-state index >= 15 is 0 Å². The van der Waals surface area contributed by atoms with Gasteiger partial charge in [-0.3, -0.25) is 0 Å². The zero-order chi connectivity index (χ0) is 14.7. The molecule has 0 heterocycles. The lowest BCUT2D eigenvalue weighted by Crippen LogP contribution is -2.13. The van der Waals surface area contributed by atoms with Gasteiger partial charge < -0.3 is 15.2 Å². The minimum Gasteiger partial charge on any atom is -0.493 e. The fraction of sp³-hybridized carbons (Fsp3) is 0.250. The molecule has 2 aromatic carbocycles.